The minimum atomic E-state index is -0.513. The van der Waals surface area contributed by atoms with E-state index in [1.807, 2.05) is 13.0 Å². The van der Waals surface area contributed by atoms with Crippen molar-refractivity contribution in [2.45, 2.75) is 13.3 Å². The lowest BCUT2D eigenvalue weighted by Crippen LogP contribution is -2.36. The lowest BCUT2D eigenvalue weighted by molar-refractivity contribution is -0.127. The number of carbonyl (C=O) groups is 3. The van der Waals surface area contributed by atoms with Gasteiger partial charge in [0.05, 0.1) is 21.0 Å². The molecule has 3 amide bonds. The molecular formula is C21H17Br2ClN2O4S. The van der Waals surface area contributed by atoms with E-state index in [1.165, 1.54) is 0 Å². The van der Waals surface area contributed by atoms with Crippen LogP contribution >= 0.6 is 55.2 Å². The molecule has 1 saturated heterocycles. The minimum Gasteiger partial charge on any atom is -0.492 e. The number of anilines is 1. The number of thioether (sulfide) groups is 1. The standard InChI is InChI=1S/C21H17Br2ClN2O4S/c1-2-7-30-17-6-3-12(8-15(17)23)9-18-20(28)26(21(29)31-18)11-19(27)25-13-4-5-14(22)16(24)10-13/h3-6,8-10H,2,7,11H2,1H3,(H,25,27)/b18-9-. The minimum absolute atomic E-state index is 0.249. The molecule has 0 atom stereocenters. The van der Waals surface area contributed by atoms with Gasteiger partial charge in [-0.05, 0) is 92.0 Å². The van der Waals surface area contributed by atoms with Crippen molar-refractivity contribution in [3.8, 4) is 5.75 Å². The number of benzene rings is 2. The highest BCUT2D eigenvalue weighted by atomic mass is 79.9. The van der Waals surface area contributed by atoms with Gasteiger partial charge in [-0.15, -0.1) is 0 Å². The molecule has 0 spiro atoms. The maximum Gasteiger partial charge on any atom is 0.294 e. The molecule has 1 aliphatic rings. The fraction of sp³-hybridized carbons (Fsp3) is 0.190. The van der Waals surface area contributed by atoms with Crippen LogP contribution in [0, 0.1) is 0 Å². The third kappa shape index (κ3) is 6.12. The number of amides is 3. The average Bonchev–Trinajstić information content (AvgIpc) is 2.97. The normalized spacial score (nSPS) is 15.0. The van der Waals surface area contributed by atoms with Crippen LogP contribution in [0.3, 0.4) is 0 Å². The second-order valence-corrected chi connectivity index (χ2v) is 9.59. The number of hydrogen-bond acceptors (Lipinski definition) is 5. The van der Waals surface area contributed by atoms with E-state index in [1.54, 1.807) is 36.4 Å². The zero-order valence-corrected chi connectivity index (χ0v) is 21.0. The Balaban J connectivity index is 1.68. The van der Waals surface area contributed by atoms with Crippen molar-refractivity contribution in [3.63, 3.8) is 0 Å². The largest absolute Gasteiger partial charge is 0.492 e. The Morgan fingerprint density at radius 1 is 1.19 bits per heavy atom. The second kappa shape index (κ2) is 10.7. The molecule has 2 aromatic rings. The SMILES string of the molecule is CCCOc1ccc(/C=C2\SC(=O)N(CC(=O)Nc3ccc(Br)c(Cl)c3)C2=O)cc1Br. The van der Waals surface area contributed by atoms with Crippen molar-refractivity contribution < 1.29 is 19.1 Å². The number of rotatable bonds is 7. The lowest BCUT2D eigenvalue weighted by Gasteiger charge is -2.12. The Bertz CT molecular complexity index is 1080. The highest BCUT2D eigenvalue weighted by Crippen LogP contribution is 2.34. The van der Waals surface area contributed by atoms with Gasteiger partial charge < -0.3 is 10.1 Å². The van der Waals surface area contributed by atoms with Gasteiger partial charge >= 0.3 is 0 Å². The van der Waals surface area contributed by atoms with E-state index in [9.17, 15) is 14.4 Å². The number of carbonyl (C=O) groups excluding carboxylic acids is 3. The molecule has 2 aromatic carbocycles. The molecule has 6 nitrogen and oxygen atoms in total. The highest BCUT2D eigenvalue weighted by molar-refractivity contribution is 9.10. The van der Waals surface area contributed by atoms with Crippen LogP contribution < -0.4 is 10.1 Å². The zero-order chi connectivity index (χ0) is 22.5. The van der Waals surface area contributed by atoms with Crippen LogP contribution in [0.5, 0.6) is 5.75 Å². The Hall–Kier alpha value is -1.81. The van der Waals surface area contributed by atoms with E-state index >= 15 is 0 Å². The predicted molar refractivity (Wildman–Crippen MR) is 130 cm³/mol. The summed E-state index contributed by atoms with van der Waals surface area (Å²) in [5.74, 6) is -0.305. The van der Waals surface area contributed by atoms with Crippen LogP contribution in [-0.2, 0) is 9.59 Å². The number of nitrogens with zero attached hydrogens (tertiary/aromatic N) is 1. The number of nitrogens with one attached hydrogen (secondary N) is 1. The van der Waals surface area contributed by atoms with Crippen molar-refractivity contribution in [1.82, 2.24) is 4.90 Å². The van der Waals surface area contributed by atoms with Gasteiger partial charge in [0, 0.05) is 10.2 Å². The predicted octanol–water partition coefficient (Wildman–Crippen LogP) is 6.33. The van der Waals surface area contributed by atoms with E-state index < -0.39 is 17.1 Å². The van der Waals surface area contributed by atoms with Gasteiger partial charge in [0.25, 0.3) is 11.1 Å². The maximum absolute atomic E-state index is 12.7. The van der Waals surface area contributed by atoms with Gasteiger partial charge in [-0.25, -0.2) is 0 Å². The molecule has 162 valence electrons. The second-order valence-electron chi connectivity index (χ2n) is 6.48. The van der Waals surface area contributed by atoms with Crippen LogP contribution in [0.25, 0.3) is 6.08 Å². The summed E-state index contributed by atoms with van der Waals surface area (Å²) in [4.78, 5) is 38.5. The first-order valence-electron chi connectivity index (χ1n) is 9.21. The molecule has 1 heterocycles. The fourth-order valence-electron chi connectivity index (χ4n) is 2.64. The summed E-state index contributed by atoms with van der Waals surface area (Å²) in [7, 11) is 0. The highest BCUT2D eigenvalue weighted by Gasteiger charge is 2.36. The summed E-state index contributed by atoms with van der Waals surface area (Å²) in [6.07, 6.45) is 2.51. The molecular weight excluding hydrogens is 572 g/mol. The van der Waals surface area contributed by atoms with Crippen molar-refractivity contribution in [3.05, 3.63) is 60.8 Å². The molecule has 0 bridgehead atoms. The number of imide groups is 1. The van der Waals surface area contributed by atoms with Crippen LogP contribution in [-0.4, -0.2) is 35.1 Å². The first-order chi connectivity index (χ1) is 14.8. The van der Waals surface area contributed by atoms with Gasteiger partial charge in [-0.3, -0.25) is 19.3 Å². The molecule has 1 fully saturated rings. The monoisotopic (exact) mass is 586 g/mol. The Morgan fingerprint density at radius 2 is 1.97 bits per heavy atom. The van der Waals surface area contributed by atoms with Crippen LogP contribution in [0.2, 0.25) is 5.02 Å². The smallest absolute Gasteiger partial charge is 0.294 e. The molecule has 31 heavy (non-hydrogen) atoms. The molecule has 0 aliphatic carbocycles. The van der Waals surface area contributed by atoms with Crippen molar-refractivity contribution >= 4 is 84.0 Å². The number of hydrogen-bond donors (Lipinski definition) is 1. The van der Waals surface area contributed by atoms with E-state index in [0.29, 0.717) is 27.5 Å². The lowest BCUT2D eigenvalue weighted by atomic mass is 10.2. The summed E-state index contributed by atoms with van der Waals surface area (Å²) < 4.78 is 7.06. The average molecular weight is 589 g/mol. The van der Waals surface area contributed by atoms with Crippen molar-refractivity contribution in [2.75, 3.05) is 18.5 Å². The van der Waals surface area contributed by atoms with E-state index in [4.69, 9.17) is 16.3 Å². The van der Waals surface area contributed by atoms with Gasteiger partial charge in [0.2, 0.25) is 5.91 Å². The van der Waals surface area contributed by atoms with E-state index in [0.717, 1.165) is 33.1 Å². The fourth-order valence-corrected chi connectivity index (χ4v) is 4.42. The molecule has 0 unspecified atom stereocenters. The molecule has 1 aliphatic heterocycles. The summed E-state index contributed by atoms with van der Waals surface area (Å²) in [5.41, 5.74) is 1.20. The Labute approximate surface area is 205 Å². The summed E-state index contributed by atoms with van der Waals surface area (Å²) in [6.45, 7) is 2.24. The summed E-state index contributed by atoms with van der Waals surface area (Å²) >= 11 is 13.5. The summed E-state index contributed by atoms with van der Waals surface area (Å²) in [5, 5.41) is 2.57. The van der Waals surface area contributed by atoms with E-state index in [2.05, 4.69) is 37.2 Å². The van der Waals surface area contributed by atoms with Crippen LogP contribution in [0.1, 0.15) is 18.9 Å². The first kappa shape index (κ1) is 23.8. The molecule has 0 radical (unpaired) electrons. The number of halogens is 3. The first-order valence-corrected chi connectivity index (χ1v) is 12.0. The van der Waals surface area contributed by atoms with Gasteiger partial charge in [0.1, 0.15) is 12.3 Å². The third-order valence-electron chi connectivity index (χ3n) is 4.09. The quantitative estimate of drug-likeness (QED) is 0.383. The zero-order valence-electron chi connectivity index (χ0n) is 16.3. The Morgan fingerprint density at radius 3 is 2.65 bits per heavy atom. The molecule has 10 heteroatoms. The maximum atomic E-state index is 12.7. The van der Waals surface area contributed by atoms with Gasteiger partial charge in [-0.1, -0.05) is 24.6 Å². The number of ether oxygens (including phenoxy) is 1. The molecule has 1 N–H and O–H groups in total. The third-order valence-corrected chi connectivity index (χ3v) is 6.85. The Kier molecular flexibility index (Phi) is 8.21. The van der Waals surface area contributed by atoms with E-state index in [-0.39, 0.29) is 11.4 Å². The topological polar surface area (TPSA) is 75.7 Å². The van der Waals surface area contributed by atoms with Crippen molar-refractivity contribution in [1.29, 1.82) is 0 Å². The molecule has 3 rings (SSSR count). The molecule has 0 saturated carbocycles. The van der Waals surface area contributed by atoms with Gasteiger partial charge in [0.15, 0.2) is 0 Å². The summed E-state index contributed by atoms with van der Waals surface area (Å²) in [6, 6.07) is 10.3. The van der Waals surface area contributed by atoms with Gasteiger partial charge in [-0.2, -0.15) is 0 Å². The van der Waals surface area contributed by atoms with Crippen molar-refractivity contribution in [2.24, 2.45) is 0 Å². The van der Waals surface area contributed by atoms with Crippen LogP contribution in [0.15, 0.2) is 50.2 Å². The molecule has 0 aromatic heterocycles. The van der Waals surface area contributed by atoms with Crippen LogP contribution in [0.4, 0.5) is 10.5 Å².